The van der Waals surface area contributed by atoms with Gasteiger partial charge in [-0.25, -0.2) is 0 Å². The van der Waals surface area contributed by atoms with Crippen molar-refractivity contribution in [2.45, 2.75) is 50.8 Å². The van der Waals surface area contributed by atoms with Gasteiger partial charge < -0.3 is 15.3 Å². The van der Waals surface area contributed by atoms with Crippen LogP contribution < -0.4 is 10.2 Å². The second-order valence-electron chi connectivity index (χ2n) is 7.76. The average molecular weight is 382 g/mol. The topological polar surface area (TPSA) is 87.5 Å². The molecular formula is C21H26N4O3. The van der Waals surface area contributed by atoms with E-state index in [2.05, 4.69) is 10.4 Å². The first-order valence-corrected chi connectivity index (χ1v) is 9.93. The molecule has 7 nitrogen and oxygen atoms in total. The molecule has 2 aromatic rings. The van der Waals surface area contributed by atoms with E-state index < -0.39 is 6.10 Å². The van der Waals surface area contributed by atoms with Gasteiger partial charge in [0.2, 0.25) is 11.8 Å². The smallest absolute Gasteiger partial charge is 0.227 e. The lowest BCUT2D eigenvalue weighted by Gasteiger charge is -2.21. The highest BCUT2D eigenvalue weighted by molar-refractivity contribution is 5.96. The highest BCUT2D eigenvalue weighted by Crippen LogP contribution is 2.28. The Labute approximate surface area is 164 Å². The van der Waals surface area contributed by atoms with Crippen LogP contribution in [0.25, 0.3) is 0 Å². The van der Waals surface area contributed by atoms with E-state index in [9.17, 15) is 14.7 Å². The van der Waals surface area contributed by atoms with Crippen LogP contribution in [0.1, 0.15) is 31.2 Å². The lowest BCUT2D eigenvalue weighted by molar-refractivity contribution is -0.122. The van der Waals surface area contributed by atoms with Crippen LogP contribution in [-0.4, -0.2) is 45.4 Å². The van der Waals surface area contributed by atoms with Crippen molar-refractivity contribution in [3.05, 3.63) is 48.3 Å². The maximum Gasteiger partial charge on any atom is 0.227 e. The third-order valence-corrected chi connectivity index (χ3v) is 5.68. The van der Waals surface area contributed by atoms with Crippen LogP contribution in [0.4, 0.5) is 5.69 Å². The zero-order chi connectivity index (χ0) is 19.5. The maximum absolute atomic E-state index is 12.6. The van der Waals surface area contributed by atoms with Gasteiger partial charge in [-0.15, -0.1) is 0 Å². The molecule has 1 aromatic heterocycles. The van der Waals surface area contributed by atoms with Crippen LogP contribution in [0.3, 0.4) is 0 Å². The number of aromatic nitrogens is 2. The Bertz CT molecular complexity index is 836. The Morgan fingerprint density at radius 2 is 2.11 bits per heavy atom. The number of hydrogen-bond acceptors (Lipinski definition) is 4. The molecule has 148 valence electrons. The Kier molecular flexibility index (Phi) is 5.43. The third kappa shape index (κ3) is 4.09. The zero-order valence-corrected chi connectivity index (χ0v) is 15.8. The Hall–Kier alpha value is -2.67. The summed E-state index contributed by atoms with van der Waals surface area (Å²) in [7, 11) is 0. The van der Waals surface area contributed by atoms with Crippen molar-refractivity contribution in [1.29, 1.82) is 0 Å². The molecule has 1 unspecified atom stereocenters. The van der Waals surface area contributed by atoms with E-state index >= 15 is 0 Å². The van der Waals surface area contributed by atoms with Crippen LogP contribution >= 0.6 is 0 Å². The van der Waals surface area contributed by atoms with Crippen molar-refractivity contribution in [3.63, 3.8) is 0 Å². The predicted molar refractivity (Wildman–Crippen MR) is 105 cm³/mol. The van der Waals surface area contributed by atoms with Crippen molar-refractivity contribution < 1.29 is 14.7 Å². The number of aliphatic hydroxyl groups excluding tert-OH is 1. The molecule has 1 saturated heterocycles. The van der Waals surface area contributed by atoms with E-state index in [1.807, 2.05) is 41.2 Å². The maximum atomic E-state index is 12.6. The molecule has 1 saturated carbocycles. The van der Waals surface area contributed by atoms with Crippen LogP contribution in [0.2, 0.25) is 0 Å². The Morgan fingerprint density at radius 3 is 2.86 bits per heavy atom. The number of amides is 2. The van der Waals surface area contributed by atoms with Gasteiger partial charge in [-0.2, -0.15) is 5.10 Å². The molecule has 0 radical (unpaired) electrons. The summed E-state index contributed by atoms with van der Waals surface area (Å²) < 4.78 is 1.87. The van der Waals surface area contributed by atoms with Crippen LogP contribution in [0.15, 0.2) is 42.7 Å². The molecule has 3 atom stereocenters. The van der Waals surface area contributed by atoms with Gasteiger partial charge in [0.1, 0.15) is 0 Å². The number of carbonyl (C=O) groups is 2. The minimum absolute atomic E-state index is 0.112. The number of anilines is 1. The van der Waals surface area contributed by atoms with Gasteiger partial charge in [0.25, 0.3) is 0 Å². The second-order valence-corrected chi connectivity index (χ2v) is 7.76. The number of rotatable bonds is 6. The largest absolute Gasteiger partial charge is 0.391 e. The number of nitrogens with zero attached hydrogens (tertiary/aromatic N) is 3. The van der Waals surface area contributed by atoms with Gasteiger partial charge in [0.15, 0.2) is 0 Å². The molecule has 4 rings (SSSR count). The summed E-state index contributed by atoms with van der Waals surface area (Å²) >= 11 is 0. The first-order chi connectivity index (χ1) is 13.6. The highest BCUT2D eigenvalue weighted by atomic mass is 16.3. The summed E-state index contributed by atoms with van der Waals surface area (Å²) in [6, 6.07) is 9.21. The van der Waals surface area contributed by atoms with Crippen molar-refractivity contribution >= 4 is 17.5 Å². The first-order valence-electron chi connectivity index (χ1n) is 9.93. The quantitative estimate of drug-likeness (QED) is 0.793. The molecule has 1 aliphatic heterocycles. The molecule has 2 heterocycles. The predicted octanol–water partition coefficient (Wildman–Crippen LogP) is 1.51. The van der Waals surface area contributed by atoms with Gasteiger partial charge >= 0.3 is 0 Å². The number of para-hydroxylation sites is 1. The van der Waals surface area contributed by atoms with Crippen LogP contribution in [-0.2, 0) is 22.6 Å². The van der Waals surface area contributed by atoms with Crippen molar-refractivity contribution in [3.8, 4) is 0 Å². The van der Waals surface area contributed by atoms with Crippen molar-refractivity contribution in [1.82, 2.24) is 15.1 Å². The molecule has 2 N–H and O–H groups in total. The van der Waals surface area contributed by atoms with Crippen molar-refractivity contribution in [2.24, 2.45) is 5.92 Å². The van der Waals surface area contributed by atoms with E-state index in [0.29, 0.717) is 19.4 Å². The summed E-state index contributed by atoms with van der Waals surface area (Å²) in [5.74, 6) is 0.276. The zero-order valence-electron chi connectivity index (χ0n) is 15.8. The molecule has 0 bridgehead atoms. The third-order valence-electron chi connectivity index (χ3n) is 5.68. The first kappa shape index (κ1) is 18.7. The summed E-state index contributed by atoms with van der Waals surface area (Å²) in [6.45, 7) is 1.45. The minimum atomic E-state index is -0.542. The molecule has 28 heavy (non-hydrogen) atoms. The standard InChI is InChI=1S/C21H26N4O3/c26-19-12-15(14-24-9-4-8-22-24)11-17(19)23-20(27)13-16-5-1-2-6-18(16)25-10-3-7-21(25)28/h1-2,4-6,8-9,15,17,19,26H,3,7,10-14H2,(H,23,27)/t15?,17-,19-/m1/s1. The second kappa shape index (κ2) is 8.14. The molecule has 1 aliphatic carbocycles. The Balaban J connectivity index is 1.36. The van der Waals surface area contributed by atoms with E-state index in [4.69, 9.17) is 0 Å². The summed E-state index contributed by atoms with van der Waals surface area (Å²) in [6.07, 6.45) is 6.12. The van der Waals surface area contributed by atoms with Gasteiger partial charge in [-0.05, 0) is 42.9 Å². The summed E-state index contributed by atoms with van der Waals surface area (Å²) in [4.78, 5) is 26.5. The van der Waals surface area contributed by atoms with Gasteiger partial charge in [-0.1, -0.05) is 18.2 Å². The van der Waals surface area contributed by atoms with Crippen molar-refractivity contribution in [2.75, 3.05) is 11.4 Å². The normalized spacial score (nSPS) is 24.7. The molecule has 2 amide bonds. The molecule has 2 fully saturated rings. The SMILES string of the molecule is O=C(Cc1ccccc1N1CCCC1=O)N[C@@H]1CC(Cn2cccn2)C[C@H]1O. The fourth-order valence-corrected chi connectivity index (χ4v) is 4.35. The van der Waals surface area contributed by atoms with Gasteiger partial charge in [-0.3, -0.25) is 14.3 Å². The molecular weight excluding hydrogens is 356 g/mol. The molecule has 0 spiro atoms. The summed E-state index contributed by atoms with van der Waals surface area (Å²) in [5, 5.41) is 17.6. The molecule has 2 aliphatic rings. The lowest BCUT2D eigenvalue weighted by Crippen LogP contribution is -2.40. The van der Waals surface area contributed by atoms with E-state index in [1.165, 1.54) is 0 Å². The number of benzene rings is 1. The Morgan fingerprint density at radius 1 is 1.25 bits per heavy atom. The van der Waals surface area contributed by atoms with E-state index in [0.717, 1.165) is 30.6 Å². The molecule has 1 aromatic carbocycles. The summed E-state index contributed by atoms with van der Waals surface area (Å²) in [5.41, 5.74) is 1.67. The van der Waals surface area contributed by atoms with Crippen LogP contribution in [0, 0.1) is 5.92 Å². The fraction of sp³-hybridized carbons (Fsp3) is 0.476. The number of aliphatic hydroxyl groups is 1. The number of carbonyl (C=O) groups excluding carboxylic acids is 2. The van der Waals surface area contributed by atoms with Crippen LogP contribution in [0.5, 0.6) is 0 Å². The number of hydrogen-bond donors (Lipinski definition) is 2. The number of nitrogens with one attached hydrogen (secondary N) is 1. The van der Waals surface area contributed by atoms with E-state index in [-0.39, 0.29) is 30.2 Å². The monoisotopic (exact) mass is 382 g/mol. The average Bonchev–Trinajstić information content (AvgIpc) is 3.39. The highest BCUT2D eigenvalue weighted by Gasteiger charge is 2.34. The lowest BCUT2D eigenvalue weighted by atomic mass is 10.1. The molecule has 7 heteroatoms. The van der Waals surface area contributed by atoms with E-state index in [1.54, 1.807) is 11.1 Å². The van der Waals surface area contributed by atoms with Gasteiger partial charge in [0, 0.05) is 37.6 Å². The minimum Gasteiger partial charge on any atom is -0.391 e. The van der Waals surface area contributed by atoms with Gasteiger partial charge in [0.05, 0.1) is 18.6 Å². The fourth-order valence-electron chi connectivity index (χ4n) is 4.35.